The van der Waals surface area contributed by atoms with Gasteiger partial charge in [-0.2, -0.15) is 0 Å². The van der Waals surface area contributed by atoms with E-state index >= 15 is 0 Å². The van der Waals surface area contributed by atoms with Crippen molar-refractivity contribution in [3.8, 4) is 45.6 Å². The maximum Gasteiger partial charge on any atom is 2.00 e. The summed E-state index contributed by atoms with van der Waals surface area (Å²) in [6, 6.07) is 32.2. The zero-order valence-electron chi connectivity index (χ0n) is 23.7. The molecule has 0 atom stereocenters. The largest absolute Gasteiger partial charge is 2.00 e. The number of fused-ring (bicyclic) bond motifs is 20. The average Bonchev–Trinajstić information content (AvgIpc) is 3.76. The molecular formula is C32H18BaN8O4S. The van der Waals surface area contributed by atoms with Gasteiger partial charge in [0.05, 0.1) is 0 Å². The zero-order valence-corrected chi connectivity index (χ0v) is 28.9. The summed E-state index contributed by atoms with van der Waals surface area (Å²) in [7, 11) is -5.17. The van der Waals surface area contributed by atoms with E-state index < -0.39 is 10.4 Å². The van der Waals surface area contributed by atoms with E-state index in [1.54, 1.807) is 0 Å². The van der Waals surface area contributed by atoms with Gasteiger partial charge in [0.2, 0.25) is 0 Å². The van der Waals surface area contributed by atoms with Gasteiger partial charge in [0.25, 0.3) is 0 Å². The van der Waals surface area contributed by atoms with Gasteiger partial charge in [-0.15, -0.1) is 0 Å². The van der Waals surface area contributed by atoms with Crippen molar-refractivity contribution >= 4 is 103 Å². The Morgan fingerprint density at radius 1 is 0.413 bits per heavy atom. The Morgan fingerprint density at radius 3 is 0.870 bits per heavy atom. The van der Waals surface area contributed by atoms with Crippen molar-refractivity contribution in [3.05, 3.63) is 97.1 Å². The number of hydrogen-bond donors (Lipinski definition) is 2. The first-order valence-electron chi connectivity index (χ1n) is 13.7. The van der Waals surface area contributed by atoms with Gasteiger partial charge in [0.15, 0.2) is 23.3 Å². The van der Waals surface area contributed by atoms with E-state index in [0.29, 0.717) is 45.9 Å². The van der Waals surface area contributed by atoms with Crippen LogP contribution in [0.25, 0.3) is 89.7 Å². The van der Waals surface area contributed by atoms with Crippen LogP contribution in [-0.4, -0.2) is 106 Å². The van der Waals surface area contributed by atoms with Crippen LogP contribution in [0.15, 0.2) is 97.1 Å². The molecule has 4 aromatic carbocycles. The van der Waals surface area contributed by atoms with Crippen LogP contribution in [0.5, 0.6) is 0 Å². The Labute approximate surface area is 300 Å². The summed E-state index contributed by atoms with van der Waals surface area (Å²) < 4.78 is 34.1. The third-order valence-electron chi connectivity index (χ3n) is 7.46. The van der Waals surface area contributed by atoms with E-state index in [9.17, 15) is 0 Å². The quantitative estimate of drug-likeness (QED) is 0.119. The molecule has 0 saturated carbocycles. The second kappa shape index (κ2) is 11.8. The minimum atomic E-state index is -5.17. The van der Waals surface area contributed by atoms with E-state index in [-0.39, 0.29) is 48.9 Å². The molecule has 0 fully saturated rings. The standard InChI is InChI=1S/C32H18N8.Ba.H2O4S/c1-2-10-18-17(9-1)25-33-26(18)38-28-21-13-5-6-14-22(21)30(35-28)40-32-24-16-8-7-15-23(24)31(36-32)39-29-20-12-4-3-11-19(20)27(34-29)37-25;;1-5(2,3)4/h1-16H,(H2,33,34,35,36,37,38,39,40);;(H2,1,2,3,4)/q;+2;/p-2. The van der Waals surface area contributed by atoms with Crippen LogP contribution >= 0.6 is 0 Å². The second-order valence-corrected chi connectivity index (χ2v) is 11.0. The number of nitrogens with one attached hydrogen (secondary N) is 2. The Bertz CT molecular complexity index is 2290. The molecule has 14 heteroatoms. The van der Waals surface area contributed by atoms with Gasteiger partial charge in [-0.05, 0) is 0 Å². The van der Waals surface area contributed by atoms with Gasteiger partial charge < -0.3 is 19.1 Å². The van der Waals surface area contributed by atoms with Crippen molar-refractivity contribution in [2.45, 2.75) is 0 Å². The molecule has 2 N–H and O–H groups in total. The van der Waals surface area contributed by atoms with Gasteiger partial charge >= 0.3 is 48.9 Å². The molecule has 0 spiro atoms. The predicted octanol–water partition coefficient (Wildman–Crippen LogP) is 5.15. The molecule has 2 aliphatic rings. The summed E-state index contributed by atoms with van der Waals surface area (Å²) in [6.07, 6.45) is 0. The summed E-state index contributed by atoms with van der Waals surface area (Å²) in [5, 5.41) is 3.82. The minimum absolute atomic E-state index is 0. The molecule has 12 nitrogen and oxygen atoms in total. The fourth-order valence-electron chi connectivity index (χ4n) is 5.59. The first kappa shape index (κ1) is 30.3. The van der Waals surface area contributed by atoms with Crippen LogP contribution in [0.1, 0.15) is 0 Å². The number of H-pyrrole nitrogens is 2. The summed E-state index contributed by atoms with van der Waals surface area (Å²) >= 11 is 0. The van der Waals surface area contributed by atoms with Crippen LogP contribution in [-0.2, 0) is 10.4 Å². The normalized spacial score (nSPS) is 11.7. The van der Waals surface area contributed by atoms with Crippen molar-refractivity contribution in [2.24, 2.45) is 0 Å². The van der Waals surface area contributed by atoms with Crippen molar-refractivity contribution in [2.75, 3.05) is 0 Å². The summed E-state index contributed by atoms with van der Waals surface area (Å²) in [5.41, 5.74) is 6.45. The first-order valence-corrected chi connectivity index (χ1v) is 15.0. The monoisotopic (exact) mass is 748 g/mol. The molecule has 46 heavy (non-hydrogen) atoms. The Hall–Kier alpha value is -4.32. The molecular weight excluding hydrogens is 730 g/mol. The van der Waals surface area contributed by atoms with E-state index in [1.807, 2.05) is 97.1 Å². The summed E-state index contributed by atoms with van der Waals surface area (Å²) in [5.74, 6) is 2.39. The van der Waals surface area contributed by atoms with E-state index in [0.717, 1.165) is 43.8 Å². The van der Waals surface area contributed by atoms with Crippen molar-refractivity contribution in [1.29, 1.82) is 0 Å². The molecule has 0 aliphatic carbocycles. The van der Waals surface area contributed by atoms with Crippen molar-refractivity contribution < 1.29 is 17.5 Å². The van der Waals surface area contributed by atoms with E-state index in [4.69, 9.17) is 47.4 Å². The Morgan fingerprint density at radius 2 is 0.630 bits per heavy atom. The Balaban J connectivity index is 0.000000526. The maximum absolute atomic E-state index is 8.52. The summed E-state index contributed by atoms with van der Waals surface area (Å²) in [4.78, 5) is 36.8. The van der Waals surface area contributed by atoms with E-state index in [2.05, 4.69) is 9.97 Å². The number of aromatic nitrogens is 8. The minimum Gasteiger partial charge on any atom is -0.759 e. The van der Waals surface area contributed by atoms with Crippen LogP contribution in [0, 0.1) is 0 Å². The van der Waals surface area contributed by atoms with Crippen molar-refractivity contribution in [3.63, 3.8) is 0 Å². The topological polar surface area (TPSA) is 189 Å². The molecule has 8 bridgehead atoms. The predicted molar refractivity (Wildman–Crippen MR) is 172 cm³/mol. The second-order valence-electron chi connectivity index (χ2n) is 10.2. The van der Waals surface area contributed by atoms with Gasteiger partial charge in [0.1, 0.15) is 22.6 Å². The summed E-state index contributed by atoms with van der Waals surface area (Å²) in [6.45, 7) is 0. The number of nitrogens with zero attached hydrogens (tertiary/aromatic N) is 6. The van der Waals surface area contributed by atoms with Crippen molar-refractivity contribution in [1.82, 2.24) is 39.9 Å². The van der Waals surface area contributed by atoms with Gasteiger partial charge in [-0.25, -0.2) is 29.9 Å². The molecule has 0 saturated heterocycles. The molecule has 5 heterocycles. The van der Waals surface area contributed by atoms with Gasteiger partial charge in [-0.1, -0.05) is 97.1 Å². The van der Waals surface area contributed by atoms with Gasteiger partial charge in [0, 0.05) is 54.2 Å². The maximum atomic E-state index is 8.52. The SMILES string of the molecule is O=S(=O)([O-])[O-].[Ba+2].c1ccc2c(c1)-c1nc-2nc2[nH]c(nc3nc(nc4[nH]c(n1)c1ccccc41)-c1ccccc1-3)c1ccccc21. The molecule has 3 aromatic heterocycles. The van der Waals surface area contributed by atoms with E-state index in [1.165, 1.54) is 0 Å². The van der Waals surface area contributed by atoms with Crippen LogP contribution in [0.4, 0.5) is 0 Å². The van der Waals surface area contributed by atoms with Crippen LogP contribution in [0.2, 0.25) is 0 Å². The molecule has 0 radical (unpaired) electrons. The average molecular weight is 748 g/mol. The number of benzene rings is 4. The Kier molecular flexibility index (Phi) is 7.78. The molecule has 0 amide bonds. The van der Waals surface area contributed by atoms with Crippen LogP contribution < -0.4 is 0 Å². The molecule has 2 aliphatic heterocycles. The third-order valence-corrected chi connectivity index (χ3v) is 7.46. The molecule has 7 aromatic rings. The molecule has 9 rings (SSSR count). The van der Waals surface area contributed by atoms with Crippen LogP contribution in [0.3, 0.4) is 0 Å². The smallest absolute Gasteiger partial charge is 0.759 e. The molecule has 0 unspecified atom stereocenters. The molecule has 218 valence electrons. The zero-order chi connectivity index (χ0) is 30.7. The number of aromatic amines is 2. The third kappa shape index (κ3) is 5.52. The number of rotatable bonds is 0. The number of hydrogen-bond acceptors (Lipinski definition) is 10. The first-order chi connectivity index (χ1) is 21.8. The fraction of sp³-hybridized carbons (Fsp3) is 0. The fourth-order valence-corrected chi connectivity index (χ4v) is 5.59. The van der Waals surface area contributed by atoms with Gasteiger partial charge in [-0.3, -0.25) is 8.42 Å².